The van der Waals surface area contributed by atoms with E-state index < -0.39 is 236 Å². The van der Waals surface area contributed by atoms with E-state index in [1.54, 1.807) is 56.6 Å². The molecule has 15 N–H and O–H groups in total. The number of carbonyl (C=O) groups excluding carboxylic acids is 15. The topological polar surface area (TPSA) is 545 Å². The number of urea groups is 1. The number of benzene rings is 2. The molecular formula is C76H104Br2N16O21S. The van der Waals surface area contributed by atoms with E-state index in [9.17, 15) is 63.3 Å². The molecule has 634 valence electrons. The first-order chi connectivity index (χ1) is 55.0. The molecule has 5 aliphatic heterocycles. The van der Waals surface area contributed by atoms with Gasteiger partial charge in [0.15, 0.2) is 17.3 Å². The number of carbonyl (C=O) groups is 15. The van der Waals surface area contributed by atoms with Crippen molar-refractivity contribution in [3.63, 3.8) is 0 Å². The summed E-state index contributed by atoms with van der Waals surface area (Å²) in [6, 6.07) is 1.48. The number of likely N-dealkylation sites (N-methyl/N-ethyl adjacent to an activating group) is 2. The molecule has 7 heterocycles. The summed E-state index contributed by atoms with van der Waals surface area (Å²) in [5.74, 6) is -19.7. The Bertz CT molecular complexity index is 4350. The average Bonchev–Trinajstić information content (AvgIpc) is 1.46. The number of aliphatic hydroxyl groups is 3. The van der Waals surface area contributed by atoms with Crippen LogP contribution in [-0.2, 0) is 115 Å². The van der Waals surface area contributed by atoms with Gasteiger partial charge in [-0.2, -0.15) is 0 Å². The van der Waals surface area contributed by atoms with E-state index in [-0.39, 0.29) is 96.5 Å². The van der Waals surface area contributed by atoms with Crippen LogP contribution < -0.4 is 53.4 Å². The predicted molar refractivity (Wildman–Crippen MR) is 423 cm³/mol. The Labute approximate surface area is 688 Å². The molecule has 37 nitrogen and oxygen atoms in total. The molecule has 2 aromatic carbocycles. The number of aromatic amines is 1. The van der Waals surface area contributed by atoms with Gasteiger partial charge in [-0.25, -0.2) is 14.3 Å². The van der Waals surface area contributed by atoms with Crippen molar-refractivity contribution in [1.29, 1.82) is 0 Å². The van der Waals surface area contributed by atoms with Gasteiger partial charge < -0.3 is 93.2 Å². The summed E-state index contributed by atoms with van der Waals surface area (Å²) < 4.78 is 29.5. The van der Waals surface area contributed by atoms with Crippen molar-refractivity contribution >= 4 is 142 Å². The molecular weight excluding hydrogens is 1660 g/mol. The fourth-order valence-corrected chi connectivity index (χ4v) is 17.1. The number of rotatable bonds is 31. The van der Waals surface area contributed by atoms with Gasteiger partial charge in [0.2, 0.25) is 41.4 Å². The molecule has 1 saturated heterocycles. The van der Waals surface area contributed by atoms with Crippen LogP contribution in [0.3, 0.4) is 0 Å². The van der Waals surface area contributed by atoms with Gasteiger partial charge in [0.25, 0.3) is 17.4 Å². The van der Waals surface area contributed by atoms with Gasteiger partial charge in [0.1, 0.15) is 29.2 Å². The van der Waals surface area contributed by atoms with Crippen LogP contribution in [0.25, 0.3) is 10.9 Å². The number of H-pyrrole nitrogens is 1. The van der Waals surface area contributed by atoms with Crippen LogP contribution in [0.15, 0.2) is 47.5 Å². The molecule has 116 heavy (non-hydrogen) atoms. The minimum absolute atomic E-state index is 0.0469. The number of nitrogens with zero attached hydrogens (tertiary/aromatic N) is 6. The molecule has 40 heteroatoms. The summed E-state index contributed by atoms with van der Waals surface area (Å²) in [5.41, 5.74) is 10.6. The Morgan fingerprint density at radius 1 is 0.845 bits per heavy atom. The lowest BCUT2D eigenvalue weighted by Crippen LogP contribution is -2.72. The van der Waals surface area contributed by atoms with Crippen molar-refractivity contribution in [3.05, 3.63) is 70.5 Å². The number of halogens is 2. The van der Waals surface area contributed by atoms with Crippen molar-refractivity contribution in [2.24, 2.45) is 47.0 Å². The number of aliphatic hydroxyl groups excluding tert-OH is 3. The van der Waals surface area contributed by atoms with E-state index in [1.165, 1.54) is 39.2 Å². The maximum Gasteiger partial charge on any atom is 0.409 e. The van der Waals surface area contributed by atoms with E-state index in [1.807, 2.05) is 0 Å². The quantitative estimate of drug-likeness (QED) is 0.0172. The molecule has 8 bridgehead atoms. The zero-order chi connectivity index (χ0) is 85.2. The van der Waals surface area contributed by atoms with Crippen molar-refractivity contribution in [2.75, 3.05) is 65.7 Å². The van der Waals surface area contributed by atoms with Crippen LogP contribution in [0, 0.1) is 35.5 Å². The van der Waals surface area contributed by atoms with E-state index in [0.29, 0.717) is 41.2 Å². The van der Waals surface area contributed by atoms with E-state index >= 15 is 28.2 Å². The van der Waals surface area contributed by atoms with Crippen LogP contribution in [0.5, 0.6) is 5.75 Å². The standard InChI is InChI=1S/C76H104Br2N16O21S/c1-8-40(4)65-69(107)83-33-63(103)84-55-38-116(113)70-51-24-44(67(105)82-34-64(104)87-65)25-59(100)66(41(5)60(101)36-95)88-72(109)76(115-48-17-18-49(51)53(30-48)86-70,61-29-47(97)35-93(61)71(108)45(26-58(55)99)27-62(79)102)73(110)91(6)21-22-92(7)75(112)114-37-43-15-13-42(14-16-43)23-57(98)52(12-9-19-81-74(80)111)85-68(106)50(39(2)3)28-46(96)11-10-20-94-56(32-78)54(31-77)89-90-94/h13-18,30,39-41,44-45,47,50,52,55,60-61,65-66,86,95,97,101H,8-12,19-29,31-38H2,1-7H3,(H2,79,102)(H,82,105)(H,83,107)(H,84,103)(H,85,106)(H,87,104)(H,88,109)(H3,80,81,111)/t40-,41-,44-,45-,47+,50-,52-,55-,60-,61-,65-,66-,76?,116?/m0/s1. The van der Waals surface area contributed by atoms with Crippen LogP contribution in [-0.4, -0.2) is 256 Å². The summed E-state index contributed by atoms with van der Waals surface area (Å²) >= 11 is 6.87. The fraction of sp³-hybridized carbons (Fsp3) is 0.592. The number of ketones is 4. The number of nitrogens with two attached hydrogens (primary N) is 2. The number of hydrogen-bond donors (Lipinski definition) is 13. The van der Waals surface area contributed by atoms with E-state index in [0.717, 1.165) is 26.1 Å². The van der Waals surface area contributed by atoms with Gasteiger partial charge in [-0.3, -0.25) is 66.5 Å². The fourth-order valence-electron chi connectivity index (χ4n) is 14.6. The number of nitrogens with one attached hydrogen (secondary N) is 8. The predicted octanol–water partition coefficient (Wildman–Crippen LogP) is -0.448. The largest absolute Gasteiger partial charge is 0.465 e. The number of fused-ring (bicyclic) bond motifs is 8. The zero-order valence-electron chi connectivity index (χ0n) is 65.7. The monoisotopic (exact) mass is 1770 g/mol. The minimum Gasteiger partial charge on any atom is -0.465 e. The highest BCUT2D eigenvalue weighted by atomic mass is 79.9. The second-order valence-electron chi connectivity index (χ2n) is 30.4. The Balaban J connectivity index is 1.08. The van der Waals surface area contributed by atoms with Crippen LogP contribution >= 0.6 is 31.9 Å². The van der Waals surface area contributed by atoms with Gasteiger partial charge in [0.05, 0.1) is 95.4 Å². The highest BCUT2D eigenvalue weighted by Gasteiger charge is 2.63. The van der Waals surface area contributed by atoms with E-state index in [2.05, 4.69) is 84.4 Å². The minimum atomic E-state index is -3.24. The molecule has 9 rings (SSSR count). The first-order valence-corrected chi connectivity index (χ1v) is 42.0. The SMILES string of the molecule is CC[C@H](C)[C@@H]1NC(=O)CNC(=O)[C@@H]2CC(=O)[C@H]([C@@H](C)[C@@H](O)CO)NC(=O)C3(C(=O)N(C)CCN(C)C(=O)OCc4ccc(CC(=O)[C@H](CCCNC(N)=O)NC(=O)[C@@H](CC(=O)CCCn5nnc(CBr)c5CBr)C(C)C)cc4)Oc4ccc5c(c([nH]c5c4)S(=O)C[C@H](NC(=O)CNC1=O)C(=O)C[C@@H](CC(N)=O)C(=O)N1C[C@H](O)C[C@H]13)C2. The van der Waals surface area contributed by atoms with Crippen molar-refractivity contribution in [1.82, 2.24) is 71.9 Å². The second kappa shape index (κ2) is 42.0. The highest BCUT2D eigenvalue weighted by molar-refractivity contribution is 9.09. The number of amides is 12. The molecule has 4 aromatic rings. The smallest absolute Gasteiger partial charge is 0.409 e. The third kappa shape index (κ3) is 23.4. The van der Waals surface area contributed by atoms with Gasteiger partial charge in [-0.05, 0) is 66.3 Å². The molecule has 5 aliphatic rings. The lowest BCUT2D eigenvalue weighted by molar-refractivity contribution is -0.167. The molecule has 1 fully saturated rings. The van der Waals surface area contributed by atoms with Crippen LogP contribution in [0.2, 0.25) is 0 Å². The number of primary amides is 2. The molecule has 0 aliphatic carbocycles. The summed E-state index contributed by atoms with van der Waals surface area (Å²) in [6.45, 7) is 4.22. The zero-order valence-corrected chi connectivity index (χ0v) is 69.7. The molecule has 2 aromatic heterocycles. The number of Topliss-reactive ketones (excluding diaryl/α,β-unsaturated/α-hetero) is 4. The van der Waals surface area contributed by atoms with Crippen molar-refractivity contribution in [2.45, 2.75) is 189 Å². The van der Waals surface area contributed by atoms with E-state index in [4.69, 9.17) is 20.9 Å². The first kappa shape index (κ1) is 91.9. The molecule has 0 saturated carbocycles. The highest BCUT2D eigenvalue weighted by Crippen LogP contribution is 2.40. The van der Waals surface area contributed by atoms with Crippen LogP contribution in [0.1, 0.15) is 127 Å². The number of alkyl halides is 2. The second-order valence-corrected chi connectivity index (χ2v) is 32.9. The van der Waals surface area contributed by atoms with Crippen LogP contribution in [0.4, 0.5) is 9.59 Å². The summed E-state index contributed by atoms with van der Waals surface area (Å²) in [7, 11) is 0.0468. The third-order valence-corrected chi connectivity index (χ3v) is 24.2. The Morgan fingerprint density at radius 3 is 2.18 bits per heavy atom. The number of hydrogen-bond acceptors (Lipinski definition) is 23. The molecule has 0 radical (unpaired) electrons. The maximum absolute atomic E-state index is 16.4. The van der Waals surface area contributed by atoms with Gasteiger partial charge in [-0.1, -0.05) is 102 Å². The molecule has 12 amide bonds. The van der Waals surface area contributed by atoms with Crippen molar-refractivity contribution < 1.29 is 101 Å². The lowest BCUT2D eigenvalue weighted by Gasteiger charge is -2.43. The molecule has 2 unspecified atom stereocenters. The van der Waals surface area contributed by atoms with Crippen molar-refractivity contribution in [3.8, 4) is 5.75 Å². The summed E-state index contributed by atoms with van der Waals surface area (Å²) in [6.07, 6.45) is -7.31. The summed E-state index contributed by atoms with van der Waals surface area (Å²) in [4.78, 5) is 221. The van der Waals surface area contributed by atoms with Gasteiger partial charge in [-0.15, -0.1) is 5.10 Å². The Morgan fingerprint density at radius 2 is 1.53 bits per heavy atom. The van der Waals surface area contributed by atoms with Gasteiger partial charge >= 0.3 is 12.1 Å². The number of aryl methyl sites for hydroxylation is 1. The molecule has 14 atom stereocenters. The number of aromatic nitrogens is 4. The average molecular weight is 1770 g/mol. The molecule has 0 spiro atoms. The lowest BCUT2D eigenvalue weighted by atomic mass is 9.83. The summed E-state index contributed by atoms with van der Waals surface area (Å²) in [5, 5.41) is 61.1. The normalized spacial score (nSPS) is 23.1. The maximum atomic E-state index is 16.4. The van der Waals surface area contributed by atoms with Gasteiger partial charge in [0, 0.05) is 132 Å². The number of ether oxygens (including phenoxy) is 2. The third-order valence-electron chi connectivity index (χ3n) is 21.7. The Kier molecular flexibility index (Phi) is 33.2. The first-order valence-electron chi connectivity index (χ1n) is 38.4. The Hall–Kier alpha value is -9.64.